The summed E-state index contributed by atoms with van der Waals surface area (Å²) in [6.45, 7) is 1.26. The molecule has 0 radical (unpaired) electrons. The molecule has 0 spiro atoms. The van der Waals surface area contributed by atoms with Gasteiger partial charge in [0.25, 0.3) is 0 Å². The van der Waals surface area contributed by atoms with Crippen molar-refractivity contribution in [3.05, 3.63) is 29.5 Å². The summed E-state index contributed by atoms with van der Waals surface area (Å²) in [4.78, 5) is 17.8. The van der Waals surface area contributed by atoms with Crippen molar-refractivity contribution in [1.29, 1.82) is 5.26 Å². The number of thiazole rings is 1. The Bertz CT molecular complexity index is 643. The fourth-order valence-corrected chi connectivity index (χ4v) is 2.71. The van der Waals surface area contributed by atoms with Crippen LogP contribution in [0, 0.1) is 11.3 Å². The number of amides is 2. The molecular weight excluding hydrogens is 276 g/mol. The quantitative estimate of drug-likeness (QED) is 0.911. The number of hydrogen-bond acceptors (Lipinski definition) is 5. The molecule has 3 rings (SSSR count). The fourth-order valence-electron chi connectivity index (χ4n) is 2.19. The van der Waals surface area contributed by atoms with Gasteiger partial charge in [-0.15, -0.1) is 11.3 Å². The fraction of sp³-hybridized carbons (Fsp3) is 0.333. The van der Waals surface area contributed by atoms with Crippen LogP contribution in [0.2, 0.25) is 0 Å². The molecule has 0 bridgehead atoms. The maximum Gasteiger partial charge on any atom is 0.323 e. The maximum atomic E-state index is 12.1. The van der Waals surface area contributed by atoms with Crippen molar-refractivity contribution in [2.24, 2.45) is 0 Å². The second-order valence-electron chi connectivity index (χ2n) is 4.48. The first kappa shape index (κ1) is 12.6. The molecule has 20 heavy (non-hydrogen) atoms. The summed E-state index contributed by atoms with van der Waals surface area (Å²) in [6.07, 6.45) is 5.74. The van der Waals surface area contributed by atoms with Crippen molar-refractivity contribution < 1.29 is 4.79 Å². The van der Waals surface area contributed by atoms with Crippen molar-refractivity contribution in [2.75, 3.05) is 18.4 Å². The molecule has 1 aliphatic rings. The molecule has 3 heterocycles. The highest BCUT2D eigenvalue weighted by molar-refractivity contribution is 7.13. The van der Waals surface area contributed by atoms with Gasteiger partial charge in [0.05, 0.1) is 17.8 Å². The normalized spacial score (nSPS) is 17.9. The van der Waals surface area contributed by atoms with Crippen LogP contribution in [0.4, 0.5) is 9.93 Å². The molecule has 1 fully saturated rings. The summed E-state index contributed by atoms with van der Waals surface area (Å²) in [6, 6.07) is 2.03. The van der Waals surface area contributed by atoms with Crippen molar-refractivity contribution in [2.45, 2.75) is 12.5 Å². The summed E-state index contributed by atoms with van der Waals surface area (Å²) in [5.41, 5.74) is 0.538. The predicted octanol–water partition coefficient (Wildman–Crippen LogP) is 1.69. The van der Waals surface area contributed by atoms with E-state index in [0.29, 0.717) is 23.8 Å². The zero-order chi connectivity index (χ0) is 13.9. The molecule has 1 aliphatic heterocycles. The van der Waals surface area contributed by atoms with Gasteiger partial charge in [-0.25, -0.2) is 9.78 Å². The predicted molar refractivity (Wildman–Crippen MR) is 73.3 cm³/mol. The highest BCUT2D eigenvalue weighted by Gasteiger charge is 2.28. The zero-order valence-electron chi connectivity index (χ0n) is 10.6. The molecule has 2 amide bonds. The third kappa shape index (κ3) is 2.48. The number of anilines is 1. The van der Waals surface area contributed by atoms with Crippen LogP contribution in [0.1, 0.15) is 18.0 Å². The van der Waals surface area contributed by atoms with E-state index < -0.39 is 0 Å². The van der Waals surface area contributed by atoms with Gasteiger partial charge >= 0.3 is 6.03 Å². The average molecular weight is 288 g/mol. The van der Waals surface area contributed by atoms with Crippen molar-refractivity contribution in [3.8, 4) is 6.07 Å². The first-order valence-electron chi connectivity index (χ1n) is 6.16. The van der Waals surface area contributed by atoms with E-state index in [1.54, 1.807) is 22.0 Å². The minimum absolute atomic E-state index is 0.124. The number of hydrogen-bond donors (Lipinski definition) is 1. The molecule has 0 saturated carbocycles. The van der Waals surface area contributed by atoms with Crippen LogP contribution >= 0.6 is 11.3 Å². The molecule has 2 aromatic rings. The molecule has 8 heteroatoms. The monoisotopic (exact) mass is 288 g/mol. The lowest BCUT2D eigenvalue weighted by molar-refractivity contribution is 0.220. The molecule has 0 aromatic carbocycles. The lowest BCUT2D eigenvalue weighted by Gasteiger charge is -2.16. The van der Waals surface area contributed by atoms with E-state index >= 15 is 0 Å². The van der Waals surface area contributed by atoms with Crippen LogP contribution in [-0.4, -0.2) is 38.8 Å². The molecule has 7 nitrogen and oxygen atoms in total. The van der Waals surface area contributed by atoms with Gasteiger partial charge in [-0.05, 0) is 6.42 Å². The van der Waals surface area contributed by atoms with E-state index in [9.17, 15) is 4.79 Å². The number of carbonyl (C=O) groups is 1. The average Bonchev–Trinajstić information content (AvgIpc) is 3.19. The topological polar surface area (TPSA) is 86.8 Å². The number of urea groups is 1. The molecule has 0 aliphatic carbocycles. The van der Waals surface area contributed by atoms with E-state index in [-0.39, 0.29) is 12.1 Å². The second kappa shape index (κ2) is 5.30. The molecule has 1 unspecified atom stereocenters. The Morgan fingerprint density at radius 2 is 2.50 bits per heavy atom. The lowest BCUT2D eigenvalue weighted by Crippen LogP contribution is -2.33. The zero-order valence-corrected chi connectivity index (χ0v) is 11.4. The number of likely N-dealkylation sites (tertiary alicyclic amines) is 1. The van der Waals surface area contributed by atoms with Crippen LogP contribution in [0.5, 0.6) is 0 Å². The minimum atomic E-state index is -0.143. The number of rotatable bonds is 2. The Morgan fingerprint density at radius 3 is 3.20 bits per heavy atom. The van der Waals surface area contributed by atoms with Gasteiger partial charge < -0.3 is 4.90 Å². The molecule has 2 aromatic heterocycles. The van der Waals surface area contributed by atoms with Crippen molar-refractivity contribution in [3.63, 3.8) is 0 Å². The highest BCUT2D eigenvalue weighted by atomic mass is 32.1. The Labute approximate surface area is 119 Å². The van der Waals surface area contributed by atoms with Crippen LogP contribution < -0.4 is 5.32 Å². The van der Waals surface area contributed by atoms with Crippen LogP contribution in [0.25, 0.3) is 0 Å². The number of nitriles is 1. The van der Waals surface area contributed by atoms with Gasteiger partial charge in [-0.1, -0.05) is 0 Å². The van der Waals surface area contributed by atoms with Gasteiger partial charge in [0.1, 0.15) is 6.07 Å². The largest absolute Gasteiger partial charge is 0.323 e. The van der Waals surface area contributed by atoms with Crippen LogP contribution in [-0.2, 0) is 0 Å². The number of nitrogens with one attached hydrogen (secondary N) is 1. The number of carbonyl (C=O) groups excluding carboxylic acids is 1. The summed E-state index contributed by atoms with van der Waals surface area (Å²) < 4.78 is 1.76. The number of nitrogens with zero attached hydrogens (tertiary/aromatic N) is 5. The van der Waals surface area contributed by atoms with E-state index in [0.717, 1.165) is 6.42 Å². The van der Waals surface area contributed by atoms with E-state index in [1.807, 2.05) is 5.38 Å². The summed E-state index contributed by atoms with van der Waals surface area (Å²) in [7, 11) is 0. The number of aromatic nitrogens is 3. The molecule has 1 atom stereocenters. The lowest BCUT2D eigenvalue weighted by atomic mass is 10.3. The summed E-state index contributed by atoms with van der Waals surface area (Å²) in [5.74, 6) is 0. The van der Waals surface area contributed by atoms with Crippen LogP contribution in [0.3, 0.4) is 0 Å². The van der Waals surface area contributed by atoms with Gasteiger partial charge in [0, 0.05) is 30.9 Å². The van der Waals surface area contributed by atoms with Gasteiger partial charge in [-0.2, -0.15) is 10.4 Å². The van der Waals surface area contributed by atoms with Gasteiger partial charge in [-0.3, -0.25) is 10.00 Å². The molecule has 102 valence electrons. The molecular formula is C12H12N6OS. The van der Waals surface area contributed by atoms with E-state index in [1.165, 1.54) is 17.5 Å². The first-order valence-corrected chi connectivity index (χ1v) is 7.04. The third-order valence-corrected chi connectivity index (χ3v) is 3.89. The molecule has 1 N–H and O–H groups in total. The third-order valence-electron chi connectivity index (χ3n) is 3.20. The minimum Gasteiger partial charge on any atom is -0.322 e. The maximum absolute atomic E-state index is 12.1. The van der Waals surface area contributed by atoms with E-state index in [4.69, 9.17) is 5.26 Å². The van der Waals surface area contributed by atoms with Gasteiger partial charge in [0.15, 0.2) is 5.13 Å². The molecule has 1 saturated heterocycles. The SMILES string of the molecule is N#Cc1cnn(C2CCN(C(=O)Nc3nccs3)C2)c1. The standard InChI is InChI=1S/C12H12N6OS/c13-5-9-6-15-18(7-9)10-1-3-17(8-10)12(19)16-11-14-2-4-20-11/h2,4,6-7,10H,1,3,8H2,(H,14,16,19). The van der Waals surface area contributed by atoms with Crippen molar-refractivity contribution >= 4 is 22.5 Å². The Hall–Kier alpha value is -2.40. The van der Waals surface area contributed by atoms with Gasteiger partial charge in [0.2, 0.25) is 0 Å². The Kier molecular flexibility index (Phi) is 3.35. The summed E-state index contributed by atoms with van der Waals surface area (Å²) in [5, 5.41) is 18.1. The van der Waals surface area contributed by atoms with Crippen molar-refractivity contribution in [1.82, 2.24) is 19.7 Å². The second-order valence-corrected chi connectivity index (χ2v) is 5.37. The Morgan fingerprint density at radius 1 is 1.60 bits per heavy atom. The highest BCUT2D eigenvalue weighted by Crippen LogP contribution is 2.22. The first-order chi connectivity index (χ1) is 9.76. The van der Waals surface area contributed by atoms with E-state index in [2.05, 4.69) is 21.5 Å². The Balaban J connectivity index is 1.61. The van der Waals surface area contributed by atoms with Crippen LogP contribution in [0.15, 0.2) is 24.0 Å². The smallest absolute Gasteiger partial charge is 0.322 e. The summed E-state index contributed by atoms with van der Waals surface area (Å²) >= 11 is 1.39.